The molecule has 3 aromatic rings. The van der Waals surface area contributed by atoms with E-state index in [1.807, 2.05) is 36.5 Å². The van der Waals surface area contributed by atoms with Crippen molar-refractivity contribution in [3.8, 4) is 17.2 Å². The lowest BCUT2D eigenvalue weighted by Gasteiger charge is -2.36. The summed E-state index contributed by atoms with van der Waals surface area (Å²) in [4.78, 5) is 26.8. The normalized spacial score (nSPS) is 12.1. The molecule has 8 heteroatoms. The third-order valence-electron chi connectivity index (χ3n) is 6.50. The van der Waals surface area contributed by atoms with Gasteiger partial charge in [0.25, 0.3) is 8.32 Å². The van der Waals surface area contributed by atoms with Crippen molar-refractivity contribution in [3.63, 3.8) is 0 Å². The summed E-state index contributed by atoms with van der Waals surface area (Å²) in [6.07, 6.45) is 5.66. The van der Waals surface area contributed by atoms with Crippen LogP contribution in [0.3, 0.4) is 0 Å². The summed E-state index contributed by atoms with van der Waals surface area (Å²) < 4.78 is 17.5. The minimum atomic E-state index is -2.01. The lowest BCUT2D eigenvalue weighted by atomic mass is 10.1. The SMILES string of the molecule is COc1cc(/C=C/C(=O)Oc2ccc3[nH]cc(CCNC(C)=O)c3c2)ccc1O[Si](C)(C)C(C)(C)C. The maximum atomic E-state index is 12.5. The van der Waals surface area contributed by atoms with Gasteiger partial charge >= 0.3 is 5.97 Å². The van der Waals surface area contributed by atoms with E-state index in [0.29, 0.717) is 30.2 Å². The number of H-pyrrole nitrogens is 1. The number of amides is 1. The Hall–Kier alpha value is -3.52. The van der Waals surface area contributed by atoms with E-state index < -0.39 is 14.3 Å². The Bertz CT molecular complexity index is 1270. The van der Waals surface area contributed by atoms with Crippen molar-refractivity contribution in [1.82, 2.24) is 10.3 Å². The van der Waals surface area contributed by atoms with Crippen LogP contribution in [0.15, 0.2) is 48.7 Å². The largest absolute Gasteiger partial charge is 0.541 e. The molecule has 0 aliphatic rings. The second-order valence-electron chi connectivity index (χ2n) is 10.3. The van der Waals surface area contributed by atoms with Crippen LogP contribution in [-0.2, 0) is 16.0 Å². The zero-order chi connectivity index (χ0) is 26.5. The average molecular weight is 509 g/mol. The molecule has 7 nitrogen and oxygen atoms in total. The van der Waals surface area contributed by atoms with Crippen LogP contribution in [0, 0.1) is 0 Å². The second-order valence-corrected chi connectivity index (χ2v) is 15.0. The standard InChI is InChI=1S/C28H36N2O5Si/c1-19(31)29-15-14-21-18-30-24-11-10-22(17-23(21)24)34-27(32)13-9-20-8-12-25(26(16-20)33-5)35-36(6,7)28(2,3)4/h8-13,16-18,30H,14-15H2,1-7H3,(H,29,31)/b13-9+. The van der Waals surface area contributed by atoms with Gasteiger partial charge in [0.1, 0.15) is 11.5 Å². The van der Waals surface area contributed by atoms with Gasteiger partial charge in [-0.2, -0.15) is 0 Å². The van der Waals surface area contributed by atoms with Crippen molar-refractivity contribution in [2.24, 2.45) is 0 Å². The number of carbonyl (C=O) groups is 2. The van der Waals surface area contributed by atoms with Crippen LogP contribution in [0.2, 0.25) is 18.1 Å². The van der Waals surface area contributed by atoms with Gasteiger partial charge in [-0.05, 0) is 72.1 Å². The summed E-state index contributed by atoms with van der Waals surface area (Å²) in [6, 6.07) is 11.1. The average Bonchev–Trinajstić information content (AvgIpc) is 3.19. The number of hydrogen-bond donors (Lipinski definition) is 2. The Labute approximate surface area is 214 Å². The van der Waals surface area contributed by atoms with Crippen molar-refractivity contribution in [1.29, 1.82) is 0 Å². The van der Waals surface area contributed by atoms with E-state index in [1.165, 1.54) is 13.0 Å². The zero-order valence-corrected chi connectivity index (χ0v) is 23.2. The molecule has 2 N–H and O–H groups in total. The first-order chi connectivity index (χ1) is 16.9. The number of rotatable bonds is 9. The van der Waals surface area contributed by atoms with Gasteiger partial charge in [-0.25, -0.2) is 4.79 Å². The van der Waals surface area contributed by atoms with E-state index >= 15 is 0 Å². The minimum absolute atomic E-state index is 0.0633. The molecule has 0 radical (unpaired) electrons. The zero-order valence-electron chi connectivity index (χ0n) is 22.2. The number of aromatic nitrogens is 1. The maximum absolute atomic E-state index is 12.5. The van der Waals surface area contributed by atoms with Crippen LogP contribution in [0.5, 0.6) is 17.2 Å². The molecule has 1 amide bonds. The van der Waals surface area contributed by atoms with Crippen molar-refractivity contribution in [3.05, 3.63) is 59.8 Å². The fourth-order valence-electron chi connectivity index (χ4n) is 3.42. The highest BCUT2D eigenvalue weighted by Crippen LogP contribution is 2.40. The second kappa shape index (κ2) is 11.0. The first-order valence-corrected chi connectivity index (χ1v) is 14.9. The number of benzene rings is 2. The summed E-state index contributed by atoms with van der Waals surface area (Å²) in [5.74, 6) is 1.24. The summed E-state index contributed by atoms with van der Waals surface area (Å²) >= 11 is 0. The lowest BCUT2D eigenvalue weighted by Crippen LogP contribution is -2.43. The third-order valence-corrected chi connectivity index (χ3v) is 10.8. The summed E-state index contributed by atoms with van der Waals surface area (Å²) in [5.41, 5.74) is 2.78. The molecule has 2 aromatic carbocycles. The van der Waals surface area contributed by atoms with Crippen LogP contribution in [0.1, 0.15) is 38.8 Å². The van der Waals surface area contributed by atoms with E-state index in [2.05, 4.69) is 44.2 Å². The van der Waals surface area contributed by atoms with Crippen LogP contribution in [-0.4, -0.2) is 38.8 Å². The molecular weight excluding hydrogens is 472 g/mol. The van der Waals surface area contributed by atoms with Crippen LogP contribution < -0.4 is 19.2 Å². The highest BCUT2D eigenvalue weighted by atomic mass is 28.4. The molecule has 1 heterocycles. The third kappa shape index (κ3) is 6.78. The van der Waals surface area contributed by atoms with Gasteiger partial charge in [0, 0.05) is 36.6 Å². The van der Waals surface area contributed by atoms with Crippen molar-refractivity contribution < 1.29 is 23.5 Å². The maximum Gasteiger partial charge on any atom is 0.336 e. The number of esters is 1. The molecule has 0 spiro atoms. The van der Waals surface area contributed by atoms with Crippen LogP contribution in [0.4, 0.5) is 0 Å². The van der Waals surface area contributed by atoms with E-state index in [-0.39, 0.29) is 10.9 Å². The highest BCUT2D eigenvalue weighted by Gasteiger charge is 2.39. The smallest absolute Gasteiger partial charge is 0.336 e. The van der Waals surface area contributed by atoms with Gasteiger partial charge in [0.05, 0.1) is 7.11 Å². The quantitative estimate of drug-likeness (QED) is 0.164. The molecule has 3 rings (SSSR count). The summed E-state index contributed by atoms with van der Waals surface area (Å²) in [6.45, 7) is 13.0. The number of carbonyl (C=O) groups excluding carboxylic acids is 2. The topological polar surface area (TPSA) is 89.7 Å². The molecule has 0 saturated carbocycles. The molecule has 36 heavy (non-hydrogen) atoms. The Morgan fingerprint density at radius 1 is 1.08 bits per heavy atom. The number of ether oxygens (including phenoxy) is 2. The fraction of sp³-hybridized carbons (Fsp3) is 0.357. The Morgan fingerprint density at radius 3 is 2.50 bits per heavy atom. The molecule has 0 saturated heterocycles. The summed E-state index contributed by atoms with van der Waals surface area (Å²) in [5, 5.41) is 3.82. The number of fused-ring (bicyclic) bond motifs is 1. The molecule has 0 aliphatic carbocycles. The predicted molar refractivity (Wildman–Crippen MR) is 146 cm³/mol. The number of aromatic amines is 1. The molecule has 192 valence electrons. The van der Waals surface area contributed by atoms with Gasteiger partial charge < -0.3 is 24.2 Å². The number of nitrogens with one attached hydrogen (secondary N) is 2. The van der Waals surface area contributed by atoms with Gasteiger partial charge in [-0.15, -0.1) is 0 Å². The first-order valence-electron chi connectivity index (χ1n) is 12.0. The molecule has 0 aliphatic heterocycles. The van der Waals surface area contributed by atoms with E-state index in [1.54, 1.807) is 19.3 Å². The van der Waals surface area contributed by atoms with Gasteiger partial charge in [0.15, 0.2) is 5.75 Å². The molecule has 0 fully saturated rings. The number of hydrogen-bond acceptors (Lipinski definition) is 5. The van der Waals surface area contributed by atoms with E-state index in [4.69, 9.17) is 13.9 Å². The van der Waals surface area contributed by atoms with Crippen LogP contribution >= 0.6 is 0 Å². The number of methoxy groups -OCH3 is 1. The molecule has 1 aromatic heterocycles. The van der Waals surface area contributed by atoms with Gasteiger partial charge in [0.2, 0.25) is 5.91 Å². The minimum Gasteiger partial charge on any atom is -0.541 e. The van der Waals surface area contributed by atoms with Crippen LogP contribution in [0.25, 0.3) is 17.0 Å². The Balaban J connectivity index is 1.69. The van der Waals surface area contributed by atoms with Crippen molar-refractivity contribution in [2.75, 3.05) is 13.7 Å². The lowest BCUT2D eigenvalue weighted by molar-refractivity contribution is -0.129. The fourth-order valence-corrected chi connectivity index (χ4v) is 4.44. The molecular formula is C28H36N2O5Si. The van der Waals surface area contributed by atoms with E-state index in [0.717, 1.165) is 22.0 Å². The molecule has 0 unspecified atom stereocenters. The monoisotopic (exact) mass is 508 g/mol. The highest BCUT2D eigenvalue weighted by molar-refractivity contribution is 6.74. The summed E-state index contributed by atoms with van der Waals surface area (Å²) in [7, 11) is -0.406. The van der Waals surface area contributed by atoms with Gasteiger partial charge in [-0.3, -0.25) is 4.79 Å². The van der Waals surface area contributed by atoms with Crippen molar-refractivity contribution in [2.45, 2.75) is 52.2 Å². The predicted octanol–water partition coefficient (Wildman–Crippen LogP) is 5.86. The molecule has 0 atom stereocenters. The van der Waals surface area contributed by atoms with E-state index in [9.17, 15) is 9.59 Å². The molecule has 0 bridgehead atoms. The first kappa shape index (κ1) is 27.1. The van der Waals surface area contributed by atoms with Gasteiger partial charge in [-0.1, -0.05) is 26.8 Å². The van der Waals surface area contributed by atoms with Crippen molar-refractivity contribution >= 4 is 37.2 Å². The Morgan fingerprint density at radius 2 is 1.83 bits per heavy atom. The Kier molecular flexibility index (Phi) is 8.30.